The predicted molar refractivity (Wildman–Crippen MR) is 118 cm³/mol. The first-order chi connectivity index (χ1) is 14.4. The Kier molecular flexibility index (Phi) is 6.72. The molecule has 154 valence electrons. The number of primary amides is 1. The fourth-order valence-electron chi connectivity index (χ4n) is 2.78. The minimum absolute atomic E-state index is 0.252. The summed E-state index contributed by atoms with van der Waals surface area (Å²) in [5.41, 5.74) is 7.55. The van der Waals surface area contributed by atoms with Gasteiger partial charge in [-0.1, -0.05) is 24.1 Å². The molecule has 3 rings (SSSR count). The van der Waals surface area contributed by atoms with Crippen LogP contribution in [0.4, 0.5) is 11.4 Å². The largest absolute Gasteiger partial charge is 0.417 e. The van der Waals surface area contributed by atoms with Crippen molar-refractivity contribution < 1.29 is 14.3 Å². The van der Waals surface area contributed by atoms with Crippen LogP contribution in [0.1, 0.15) is 11.6 Å². The molecule has 0 saturated heterocycles. The van der Waals surface area contributed by atoms with Crippen molar-refractivity contribution >= 4 is 45.7 Å². The Morgan fingerprint density at radius 1 is 1.23 bits per heavy atom. The number of para-hydroxylation sites is 1. The topological polar surface area (TPSA) is 91.5 Å². The molecule has 2 aromatic rings. The summed E-state index contributed by atoms with van der Waals surface area (Å²) in [5.74, 6) is 4.12. The first kappa shape index (κ1) is 21.4. The second-order valence-corrected chi connectivity index (χ2v) is 7.35. The number of rotatable bonds is 5. The lowest BCUT2D eigenvalue weighted by atomic mass is 10.0. The van der Waals surface area contributed by atoms with Gasteiger partial charge in [0.1, 0.15) is 12.1 Å². The van der Waals surface area contributed by atoms with Crippen molar-refractivity contribution in [1.29, 1.82) is 0 Å². The Hall–Kier alpha value is -3.35. The molecule has 30 heavy (non-hydrogen) atoms. The van der Waals surface area contributed by atoms with E-state index in [9.17, 15) is 9.59 Å². The number of esters is 1. The summed E-state index contributed by atoms with van der Waals surface area (Å²) >= 11 is 3.46. The van der Waals surface area contributed by atoms with Crippen molar-refractivity contribution in [2.24, 2.45) is 10.7 Å². The van der Waals surface area contributed by atoms with Gasteiger partial charge in [0.2, 0.25) is 5.91 Å². The van der Waals surface area contributed by atoms with Crippen LogP contribution in [-0.2, 0) is 9.59 Å². The van der Waals surface area contributed by atoms with Crippen molar-refractivity contribution in [3.05, 3.63) is 54.1 Å². The van der Waals surface area contributed by atoms with E-state index in [4.69, 9.17) is 10.5 Å². The van der Waals surface area contributed by atoms with Crippen molar-refractivity contribution in [3.63, 3.8) is 0 Å². The van der Waals surface area contributed by atoms with Gasteiger partial charge in [0, 0.05) is 11.5 Å². The van der Waals surface area contributed by atoms with Gasteiger partial charge in [-0.2, -0.15) is 0 Å². The molecule has 0 radical (unpaired) electrons. The molecular formula is C21H20BrN5O3. The zero-order chi connectivity index (χ0) is 21.7. The smallest absolute Gasteiger partial charge is 0.389 e. The molecule has 0 bridgehead atoms. The highest BCUT2D eigenvalue weighted by Gasteiger charge is 2.33. The van der Waals surface area contributed by atoms with Crippen LogP contribution in [0.15, 0.2) is 53.5 Å². The lowest BCUT2D eigenvalue weighted by Crippen LogP contribution is -2.45. The molecule has 0 aromatic heterocycles. The highest BCUT2D eigenvalue weighted by Crippen LogP contribution is 2.38. The summed E-state index contributed by atoms with van der Waals surface area (Å²) in [4.78, 5) is 30.5. The number of fused-ring (bicyclic) bond motifs is 1. The number of carbonyl (C=O) groups is 2. The molecule has 9 heteroatoms. The molecule has 1 heterocycles. The highest BCUT2D eigenvalue weighted by molar-refractivity contribution is 9.10. The van der Waals surface area contributed by atoms with Crippen LogP contribution in [0.3, 0.4) is 0 Å². The van der Waals surface area contributed by atoms with Crippen LogP contribution >= 0.6 is 16.1 Å². The van der Waals surface area contributed by atoms with E-state index in [1.54, 1.807) is 27.2 Å². The summed E-state index contributed by atoms with van der Waals surface area (Å²) < 4.78 is 6.89. The van der Waals surface area contributed by atoms with Gasteiger partial charge in [-0.15, -0.1) is 0 Å². The van der Waals surface area contributed by atoms with E-state index in [1.807, 2.05) is 49.3 Å². The van der Waals surface area contributed by atoms with E-state index in [-0.39, 0.29) is 5.75 Å². The van der Waals surface area contributed by atoms with E-state index >= 15 is 0 Å². The predicted octanol–water partition coefficient (Wildman–Crippen LogP) is 2.39. The maximum Gasteiger partial charge on any atom is 0.389 e. The average molecular weight is 470 g/mol. The molecule has 2 N–H and O–H groups in total. The lowest BCUT2D eigenvalue weighted by Gasteiger charge is -2.37. The van der Waals surface area contributed by atoms with Crippen LogP contribution in [0, 0.1) is 11.8 Å². The Bertz CT molecular complexity index is 1030. The van der Waals surface area contributed by atoms with Crippen molar-refractivity contribution in [2.45, 2.75) is 6.04 Å². The molecule has 1 aliphatic rings. The quantitative estimate of drug-likeness (QED) is 0.237. The number of ether oxygens (including phenoxy) is 1. The van der Waals surface area contributed by atoms with Gasteiger partial charge >= 0.3 is 5.97 Å². The van der Waals surface area contributed by atoms with Crippen molar-refractivity contribution in [3.8, 4) is 17.6 Å². The number of hydrazine groups is 1. The molecule has 1 unspecified atom stereocenters. The first-order valence-electron chi connectivity index (χ1n) is 8.99. The van der Waals surface area contributed by atoms with Crippen molar-refractivity contribution in [1.82, 2.24) is 9.91 Å². The molecule has 8 nitrogen and oxygen atoms in total. The molecule has 1 atom stereocenters. The number of halogens is 1. The fourth-order valence-corrected chi connectivity index (χ4v) is 3.28. The fraction of sp³-hybridized carbons (Fsp3) is 0.190. The van der Waals surface area contributed by atoms with Gasteiger partial charge < -0.3 is 10.5 Å². The number of hydrogen-bond donors (Lipinski definition) is 1. The van der Waals surface area contributed by atoms with E-state index < -0.39 is 17.9 Å². The van der Waals surface area contributed by atoms with E-state index in [0.29, 0.717) is 17.8 Å². The van der Waals surface area contributed by atoms with Gasteiger partial charge in [0.15, 0.2) is 6.04 Å². The molecule has 0 saturated carbocycles. The third-order valence-electron chi connectivity index (χ3n) is 4.11. The van der Waals surface area contributed by atoms with Gasteiger partial charge in [0.25, 0.3) is 0 Å². The van der Waals surface area contributed by atoms with E-state index in [1.165, 1.54) is 6.34 Å². The Morgan fingerprint density at radius 2 is 1.97 bits per heavy atom. The molecule has 2 aromatic carbocycles. The third-order valence-corrected chi connectivity index (χ3v) is 4.89. The average Bonchev–Trinajstić information content (AvgIpc) is 2.72. The summed E-state index contributed by atoms with van der Waals surface area (Å²) in [6.45, 7) is 0.438. The van der Waals surface area contributed by atoms with Crippen LogP contribution in [0.5, 0.6) is 5.75 Å². The minimum atomic E-state index is -0.865. The molecule has 1 aliphatic heterocycles. The van der Waals surface area contributed by atoms with Gasteiger partial charge in [-0.25, -0.2) is 18.8 Å². The molecule has 0 spiro atoms. The summed E-state index contributed by atoms with van der Waals surface area (Å²) in [6.07, 6.45) is 1.51. The number of hydrogen-bond acceptors (Lipinski definition) is 7. The Morgan fingerprint density at radius 3 is 2.63 bits per heavy atom. The number of carbonyl (C=O) groups excluding carboxylic acids is 2. The van der Waals surface area contributed by atoms with Crippen LogP contribution in [0.2, 0.25) is 0 Å². The number of nitrogens with zero attached hydrogens (tertiary/aromatic N) is 4. The second-order valence-electron chi connectivity index (χ2n) is 6.67. The van der Waals surface area contributed by atoms with Gasteiger partial charge in [-0.3, -0.25) is 9.69 Å². The van der Waals surface area contributed by atoms with Crippen LogP contribution in [-0.4, -0.2) is 48.8 Å². The Labute approximate surface area is 183 Å². The normalized spacial score (nSPS) is 14.5. The number of anilines is 1. The number of aliphatic imine (C=N–C) groups is 1. The highest BCUT2D eigenvalue weighted by atomic mass is 79.9. The third kappa shape index (κ3) is 4.97. The standard InChI is InChI=1S/C21H20BrN5O3/c1-25(2)12-6-9-19(28)30-16-10-11-18-17(13-16)20(21(23)29)26(14-24-18)27(22)15-7-4-3-5-8-15/h3-5,7-8,10-11,13-14,20H,12H2,1-2H3,(H2,23,29). The number of nitrogens with two attached hydrogens (primary N) is 1. The maximum atomic E-state index is 12.3. The summed E-state index contributed by atoms with van der Waals surface area (Å²) in [5, 5.41) is 1.56. The van der Waals surface area contributed by atoms with Crippen molar-refractivity contribution in [2.75, 3.05) is 24.7 Å². The second kappa shape index (κ2) is 9.43. The number of amides is 1. The zero-order valence-corrected chi connectivity index (χ0v) is 18.0. The molecular weight excluding hydrogens is 450 g/mol. The molecule has 1 amide bonds. The molecule has 0 aliphatic carbocycles. The zero-order valence-electron chi connectivity index (χ0n) is 16.4. The van der Waals surface area contributed by atoms with Gasteiger partial charge in [-0.05, 0) is 44.4 Å². The monoisotopic (exact) mass is 469 g/mol. The Balaban J connectivity index is 1.87. The maximum absolute atomic E-state index is 12.3. The van der Waals surface area contributed by atoms with E-state index in [0.717, 1.165) is 5.69 Å². The SMILES string of the molecule is CN(C)CC#CC(=O)Oc1ccc2c(c1)C(C(N)=O)N(N(Br)c1ccccc1)C=N2. The molecule has 0 fully saturated rings. The summed E-state index contributed by atoms with van der Waals surface area (Å²) in [7, 11) is 3.70. The van der Waals surface area contributed by atoms with Gasteiger partial charge in [0.05, 0.1) is 34.1 Å². The van der Waals surface area contributed by atoms with Crippen LogP contribution in [0.25, 0.3) is 0 Å². The van der Waals surface area contributed by atoms with E-state index in [2.05, 4.69) is 33.0 Å². The minimum Gasteiger partial charge on any atom is -0.417 e. The summed E-state index contributed by atoms with van der Waals surface area (Å²) in [6, 6.07) is 13.3. The van der Waals surface area contributed by atoms with Crippen LogP contribution < -0.4 is 14.5 Å². The number of benzene rings is 2. The first-order valence-corrected chi connectivity index (χ1v) is 9.70. The lowest BCUT2D eigenvalue weighted by molar-refractivity contribution is -0.128.